The molecule has 186 valence electrons. The van der Waals surface area contributed by atoms with E-state index in [0.29, 0.717) is 10.1 Å². The quantitative estimate of drug-likeness (QED) is 0.426. The van der Waals surface area contributed by atoms with Gasteiger partial charge in [-0.25, -0.2) is 19.0 Å². The molecule has 2 heterocycles. The van der Waals surface area contributed by atoms with E-state index in [1.54, 1.807) is 0 Å². The molecule has 1 atom stereocenters. The standard InChI is InChI=1S/C23H16F3N3O7/c1-27-16-7-5-11(9-17(16)35-21(27)32)28-10-18(36-22(33)34)19(30)29(20(28)31)15-8-6-12-13(15)3-2-4-14(12)23(24,25)26/h2-5,7,9-10,15H,6,8H2,1H3,(H,33,34)/t15-/m0/s1. The van der Waals surface area contributed by atoms with E-state index in [9.17, 15) is 32.3 Å². The predicted octanol–water partition coefficient (Wildman–Crippen LogP) is 3.06. The van der Waals surface area contributed by atoms with E-state index in [2.05, 4.69) is 4.74 Å². The second-order valence-corrected chi connectivity index (χ2v) is 8.19. The molecule has 0 fully saturated rings. The summed E-state index contributed by atoms with van der Waals surface area (Å²) >= 11 is 0. The van der Waals surface area contributed by atoms with Gasteiger partial charge in [-0.05, 0) is 42.2 Å². The normalized spacial score (nSPS) is 15.3. The maximum absolute atomic E-state index is 13.5. The Hall–Kier alpha value is -4.55. The Kier molecular flexibility index (Phi) is 5.16. The molecule has 1 aliphatic rings. The Morgan fingerprint density at radius 1 is 1.17 bits per heavy atom. The first kappa shape index (κ1) is 23.2. The van der Waals surface area contributed by atoms with Crippen LogP contribution in [0.2, 0.25) is 0 Å². The third-order valence-electron chi connectivity index (χ3n) is 6.20. The van der Waals surface area contributed by atoms with Crippen LogP contribution in [0, 0.1) is 0 Å². The van der Waals surface area contributed by atoms with E-state index >= 15 is 0 Å². The van der Waals surface area contributed by atoms with Gasteiger partial charge in [-0.2, -0.15) is 13.2 Å². The summed E-state index contributed by atoms with van der Waals surface area (Å²) < 4.78 is 53.2. The monoisotopic (exact) mass is 503 g/mol. The van der Waals surface area contributed by atoms with E-state index in [1.165, 1.54) is 41.9 Å². The second kappa shape index (κ2) is 8.00. The number of oxazole rings is 1. The zero-order valence-electron chi connectivity index (χ0n) is 18.4. The van der Waals surface area contributed by atoms with Crippen LogP contribution in [0.25, 0.3) is 16.8 Å². The lowest BCUT2D eigenvalue weighted by atomic mass is 10.0. The number of benzene rings is 2. The molecule has 1 aliphatic carbocycles. The molecule has 0 saturated heterocycles. The van der Waals surface area contributed by atoms with Crippen molar-refractivity contribution in [3.05, 3.63) is 90.7 Å². The fourth-order valence-corrected chi connectivity index (χ4v) is 4.61. The molecule has 0 radical (unpaired) electrons. The van der Waals surface area contributed by atoms with Crippen LogP contribution in [-0.4, -0.2) is 25.0 Å². The Morgan fingerprint density at radius 3 is 2.61 bits per heavy atom. The van der Waals surface area contributed by atoms with E-state index in [4.69, 9.17) is 9.52 Å². The van der Waals surface area contributed by atoms with Crippen LogP contribution < -0.4 is 21.7 Å². The van der Waals surface area contributed by atoms with Crippen LogP contribution >= 0.6 is 0 Å². The number of hydrogen-bond acceptors (Lipinski definition) is 6. The SMILES string of the molecule is Cn1c(=O)oc2cc(-n3cc(OC(=O)O)c(=O)n([C@H]4CCc5c4cccc5C(F)(F)F)c3=O)ccc21. The third kappa shape index (κ3) is 3.59. The molecular weight excluding hydrogens is 487 g/mol. The van der Waals surface area contributed by atoms with Gasteiger partial charge in [0.1, 0.15) is 0 Å². The van der Waals surface area contributed by atoms with Crippen LogP contribution in [-0.2, 0) is 19.6 Å². The van der Waals surface area contributed by atoms with Crippen molar-refractivity contribution in [1.82, 2.24) is 13.7 Å². The van der Waals surface area contributed by atoms with Gasteiger partial charge in [-0.1, -0.05) is 12.1 Å². The summed E-state index contributed by atoms with van der Waals surface area (Å²) in [7, 11) is 1.48. The summed E-state index contributed by atoms with van der Waals surface area (Å²) in [6.45, 7) is 0. The Morgan fingerprint density at radius 2 is 1.92 bits per heavy atom. The molecule has 1 N–H and O–H groups in total. The highest BCUT2D eigenvalue weighted by Crippen LogP contribution is 2.41. The Labute approximate surface area is 198 Å². The van der Waals surface area contributed by atoms with Crippen molar-refractivity contribution >= 4 is 17.3 Å². The van der Waals surface area contributed by atoms with Gasteiger partial charge in [-0.3, -0.25) is 13.9 Å². The molecule has 0 saturated carbocycles. The van der Waals surface area contributed by atoms with Gasteiger partial charge in [0.25, 0.3) is 5.56 Å². The minimum Gasteiger partial charge on any atom is -0.449 e. The molecule has 0 amide bonds. The predicted molar refractivity (Wildman–Crippen MR) is 118 cm³/mol. The van der Waals surface area contributed by atoms with Crippen molar-refractivity contribution in [3.63, 3.8) is 0 Å². The van der Waals surface area contributed by atoms with Crippen molar-refractivity contribution in [2.24, 2.45) is 7.05 Å². The number of ether oxygens (including phenoxy) is 1. The molecule has 36 heavy (non-hydrogen) atoms. The van der Waals surface area contributed by atoms with Crippen molar-refractivity contribution in [2.75, 3.05) is 0 Å². The van der Waals surface area contributed by atoms with Crippen LogP contribution in [0.1, 0.15) is 29.2 Å². The number of aromatic nitrogens is 3. The maximum atomic E-state index is 13.5. The number of carboxylic acid groups (broad SMARTS) is 1. The first-order chi connectivity index (χ1) is 17.0. The summed E-state index contributed by atoms with van der Waals surface area (Å²) in [6.07, 6.45) is -5.62. The molecule has 5 rings (SSSR count). The largest absolute Gasteiger partial charge is 0.511 e. The van der Waals surface area contributed by atoms with Crippen molar-refractivity contribution < 1.29 is 32.2 Å². The number of alkyl halides is 3. The molecule has 0 bridgehead atoms. The molecule has 0 unspecified atom stereocenters. The summed E-state index contributed by atoms with van der Waals surface area (Å²) in [5.74, 6) is -1.38. The van der Waals surface area contributed by atoms with Crippen LogP contribution in [0.4, 0.5) is 18.0 Å². The molecule has 10 nitrogen and oxygen atoms in total. The first-order valence-electron chi connectivity index (χ1n) is 10.6. The highest BCUT2D eigenvalue weighted by atomic mass is 19.4. The lowest BCUT2D eigenvalue weighted by Crippen LogP contribution is -2.42. The van der Waals surface area contributed by atoms with Crippen LogP contribution in [0.15, 0.2) is 61.4 Å². The second-order valence-electron chi connectivity index (χ2n) is 8.19. The van der Waals surface area contributed by atoms with Crippen molar-refractivity contribution in [2.45, 2.75) is 25.1 Å². The van der Waals surface area contributed by atoms with E-state index in [-0.39, 0.29) is 35.2 Å². The van der Waals surface area contributed by atoms with Crippen LogP contribution in [0.3, 0.4) is 0 Å². The fourth-order valence-electron chi connectivity index (χ4n) is 4.61. The minimum atomic E-state index is -4.63. The summed E-state index contributed by atoms with van der Waals surface area (Å²) in [4.78, 5) is 49.7. The molecular formula is C23H16F3N3O7. The Balaban J connectivity index is 1.75. The summed E-state index contributed by atoms with van der Waals surface area (Å²) in [6, 6.07) is 6.67. The third-order valence-corrected chi connectivity index (χ3v) is 6.20. The van der Waals surface area contributed by atoms with E-state index in [1.807, 2.05) is 0 Å². The molecule has 2 aromatic carbocycles. The number of rotatable bonds is 3. The van der Waals surface area contributed by atoms with Gasteiger partial charge in [0.2, 0.25) is 5.75 Å². The molecule has 0 spiro atoms. The van der Waals surface area contributed by atoms with Gasteiger partial charge < -0.3 is 14.3 Å². The summed E-state index contributed by atoms with van der Waals surface area (Å²) in [5, 5.41) is 9.10. The van der Waals surface area contributed by atoms with Gasteiger partial charge in [-0.15, -0.1) is 0 Å². The topological polar surface area (TPSA) is 126 Å². The lowest BCUT2D eigenvalue weighted by Gasteiger charge is -2.19. The maximum Gasteiger partial charge on any atom is 0.511 e. The zero-order chi connectivity index (χ0) is 25.9. The fraction of sp³-hybridized carbons (Fsp3) is 0.217. The molecule has 13 heteroatoms. The van der Waals surface area contributed by atoms with E-state index < -0.39 is 46.7 Å². The summed E-state index contributed by atoms with van der Waals surface area (Å²) in [5.41, 5.74) is -2.18. The average Bonchev–Trinajstić information content (AvgIpc) is 3.35. The van der Waals surface area contributed by atoms with Gasteiger partial charge in [0, 0.05) is 13.1 Å². The number of carbonyl (C=O) groups is 1. The smallest absolute Gasteiger partial charge is 0.449 e. The van der Waals surface area contributed by atoms with Crippen molar-refractivity contribution in [1.29, 1.82) is 0 Å². The number of fused-ring (bicyclic) bond motifs is 2. The van der Waals surface area contributed by atoms with Crippen LogP contribution in [0.5, 0.6) is 5.75 Å². The number of halogens is 3. The number of hydrogen-bond donors (Lipinski definition) is 1. The molecule has 2 aromatic heterocycles. The number of nitrogens with zero attached hydrogens (tertiary/aromatic N) is 3. The molecule has 4 aromatic rings. The van der Waals surface area contributed by atoms with E-state index in [0.717, 1.165) is 16.8 Å². The minimum absolute atomic E-state index is 0.000688. The molecule has 0 aliphatic heterocycles. The lowest BCUT2D eigenvalue weighted by molar-refractivity contribution is -0.138. The highest BCUT2D eigenvalue weighted by molar-refractivity contribution is 5.75. The van der Waals surface area contributed by atoms with Gasteiger partial charge in [0.15, 0.2) is 5.58 Å². The Bertz CT molecular complexity index is 1730. The van der Waals surface area contributed by atoms with Crippen molar-refractivity contribution in [3.8, 4) is 11.4 Å². The van der Waals surface area contributed by atoms with Gasteiger partial charge >= 0.3 is 23.8 Å². The highest BCUT2D eigenvalue weighted by Gasteiger charge is 2.38. The zero-order valence-corrected chi connectivity index (χ0v) is 18.4. The first-order valence-corrected chi connectivity index (χ1v) is 10.6. The number of aryl methyl sites for hydroxylation is 1. The average molecular weight is 503 g/mol. The van der Waals surface area contributed by atoms with Gasteiger partial charge in [0.05, 0.1) is 29.0 Å².